The Kier molecular flexibility index (Phi) is 3.90. The molecule has 0 N–H and O–H groups in total. The van der Waals surface area contributed by atoms with Crippen LogP contribution in [0.15, 0.2) is 0 Å². The van der Waals surface area contributed by atoms with Gasteiger partial charge in [0.15, 0.2) is 0 Å². The first-order valence-electron chi connectivity index (χ1n) is 5.99. The van der Waals surface area contributed by atoms with E-state index >= 15 is 0 Å². The summed E-state index contributed by atoms with van der Waals surface area (Å²) in [4.78, 5) is 0. The third-order valence-corrected chi connectivity index (χ3v) is 5.69. The number of hydrogen-bond donors (Lipinski definition) is 0. The van der Waals surface area contributed by atoms with Crippen molar-refractivity contribution in [1.29, 1.82) is 0 Å². The van der Waals surface area contributed by atoms with Crippen molar-refractivity contribution in [2.24, 2.45) is 11.8 Å². The highest BCUT2D eigenvalue weighted by atomic mass is 35.5. The minimum absolute atomic E-state index is 0.216. The molecule has 0 radical (unpaired) electrons. The zero-order valence-electron chi connectivity index (χ0n) is 9.67. The quantitative estimate of drug-likeness (QED) is 0.692. The molecule has 1 nitrogen and oxygen atoms in total. The van der Waals surface area contributed by atoms with Crippen LogP contribution in [0.25, 0.3) is 0 Å². The van der Waals surface area contributed by atoms with Crippen molar-refractivity contribution in [1.82, 2.24) is 0 Å². The number of halogens is 1. The van der Waals surface area contributed by atoms with Crippen LogP contribution < -0.4 is 0 Å². The molecule has 15 heavy (non-hydrogen) atoms. The Morgan fingerprint density at radius 1 is 1.47 bits per heavy atom. The van der Waals surface area contributed by atoms with Gasteiger partial charge in [0.2, 0.25) is 0 Å². The van der Waals surface area contributed by atoms with Crippen LogP contribution in [-0.4, -0.2) is 29.1 Å². The highest BCUT2D eigenvalue weighted by molar-refractivity contribution is 7.99. The summed E-state index contributed by atoms with van der Waals surface area (Å²) in [5, 5.41) is 0.291. The number of alkyl halides is 1. The first-order valence-corrected chi connectivity index (χ1v) is 7.58. The third kappa shape index (κ3) is 2.65. The fourth-order valence-electron chi connectivity index (χ4n) is 2.75. The Bertz CT molecular complexity index is 214. The van der Waals surface area contributed by atoms with Crippen molar-refractivity contribution in [2.45, 2.75) is 44.1 Å². The Hall–Kier alpha value is 0.600. The normalized spacial score (nSPS) is 40.6. The molecule has 4 atom stereocenters. The van der Waals surface area contributed by atoms with Crippen LogP contribution in [0.3, 0.4) is 0 Å². The van der Waals surface area contributed by atoms with E-state index in [1.165, 1.54) is 30.8 Å². The Morgan fingerprint density at radius 2 is 2.27 bits per heavy atom. The molecule has 88 valence electrons. The van der Waals surface area contributed by atoms with E-state index in [-0.39, 0.29) is 5.60 Å². The molecule has 2 heterocycles. The highest BCUT2D eigenvalue weighted by Gasteiger charge is 2.42. The van der Waals surface area contributed by atoms with Gasteiger partial charge in [-0.15, -0.1) is 11.6 Å². The fraction of sp³-hybridized carbons (Fsp3) is 1.00. The van der Waals surface area contributed by atoms with Gasteiger partial charge in [0.25, 0.3) is 0 Å². The molecule has 2 rings (SSSR count). The van der Waals surface area contributed by atoms with Gasteiger partial charge in [-0.05, 0) is 43.8 Å². The van der Waals surface area contributed by atoms with Crippen molar-refractivity contribution < 1.29 is 4.74 Å². The van der Waals surface area contributed by atoms with Crippen molar-refractivity contribution in [3.63, 3.8) is 0 Å². The first-order chi connectivity index (χ1) is 7.13. The summed E-state index contributed by atoms with van der Waals surface area (Å²) in [6.45, 7) is 5.36. The van der Waals surface area contributed by atoms with E-state index < -0.39 is 0 Å². The van der Waals surface area contributed by atoms with Gasteiger partial charge in [0, 0.05) is 17.7 Å². The second-order valence-electron chi connectivity index (χ2n) is 5.12. The van der Waals surface area contributed by atoms with Gasteiger partial charge in [-0.25, -0.2) is 0 Å². The lowest BCUT2D eigenvalue weighted by atomic mass is 9.78. The van der Waals surface area contributed by atoms with Crippen LogP contribution in [0, 0.1) is 11.8 Å². The summed E-state index contributed by atoms with van der Waals surface area (Å²) >= 11 is 8.25. The van der Waals surface area contributed by atoms with Crippen molar-refractivity contribution in [3.8, 4) is 0 Å². The van der Waals surface area contributed by atoms with Crippen molar-refractivity contribution >= 4 is 23.4 Å². The van der Waals surface area contributed by atoms with Crippen LogP contribution in [-0.2, 0) is 4.74 Å². The molecule has 0 aromatic carbocycles. The molecule has 3 heteroatoms. The summed E-state index contributed by atoms with van der Waals surface area (Å²) in [5.41, 5.74) is 0.216. The molecule has 2 saturated heterocycles. The van der Waals surface area contributed by atoms with Gasteiger partial charge in [0.05, 0.1) is 5.60 Å². The summed E-state index contributed by atoms with van der Waals surface area (Å²) in [7, 11) is 0. The van der Waals surface area contributed by atoms with E-state index in [0.717, 1.165) is 12.5 Å². The second-order valence-corrected chi connectivity index (χ2v) is 6.92. The zero-order chi connectivity index (χ0) is 10.9. The average Bonchev–Trinajstić information content (AvgIpc) is 2.65. The van der Waals surface area contributed by atoms with Gasteiger partial charge < -0.3 is 4.74 Å². The molecular formula is C12H21ClOS. The number of rotatable bonds is 2. The number of ether oxygens (including phenoxy) is 1. The van der Waals surface area contributed by atoms with E-state index in [0.29, 0.717) is 11.3 Å². The van der Waals surface area contributed by atoms with E-state index in [2.05, 4.69) is 13.8 Å². The van der Waals surface area contributed by atoms with Gasteiger partial charge in [-0.3, -0.25) is 0 Å². The first kappa shape index (κ1) is 12.1. The molecule has 4 unspecified atom stereocenters. The average molecular weight is 249 g/mol. The maximum Gasteiger partial charge on any atom is 0.0783 e. The predicted molar refractivity (Wildman–Crippen MR) is 67.8 cm³/mol. The van der Waals surface area contributed by atoms with E-state index in [1.807, 2.05) is 11.8 Å². The molecule has 2 fully saturated rings. The van der Waals surface area contributed by atoms with Crippen LogP contribution in [0.5, 0.6) is 0 Å². The summed E-state index contributed by atoms with van der Waals surface area (Å²) in [6, 6.07) is 0. The lowest BCUT2D eigenvalue weighted by molar-refractivity contribution is -0.0878. The van der Waals surface area contributed by atoms with E-state index in [1.54, 1.807) is 0 Å². The third-order valence-electron chi connectivity index (χ3n) is 4.07. The van der Waals surface area contributed by atoms with Crippen molar-refractivity contribution in [3.05, 3.63) is 0 Å². The Morgan fingerprint density at radius 3 is 2.87 bits per heavy atom. The Balaban J connectivity index is 1.97. The fourth-order valence-corrected chi connectivity index (χ4v) is 4.34. The van der Waals surface area contributed by atoms with Crippen LogP contribution >= 0.6 is 23.4 Å². The molecule has 0 saturated carbocycles. The summed E-state index contributed by atoms with van der Waals surface area (Å²) in [5.74, 6) is 3.87. The lowest BCUT2D eigenvalue weighted by Gasteiger charge is -2.40. The van der Waals surface area contributed by atoms with E-state index in [9.17, 15) is 0 Å². The molecule has 1 spiro atoms. The molecule has 0 aliphatic carbocycles. The molecule has 0 aromatic heterocycles. The lowest BCUT2D eigenvalue weighted by Crippen LogP contribution is -2.42. The minimum Gasteiger partial charge on any atom is -0.374 e. The molecule has 2 aliphatic heterocycles. The summed E-state index contributed by atoms with van der Waals surface area (Å²) < 4.78 is 6.02. The van der Waals surface area contributed by atoms with Crippen LogP contribution in [0.2, 0.25) is 0 Å². The largest absolute Gasteiger partial charge is 0.374 e. The van der Waals surface area contributed by atoms with Gasteiger partial charge in [-0.1, -0.05) is 6.92 Å². The SMILES string of the molecule is CC(Cl)C(C)C1CCOC2(CCSC2)C1. The predicted octanol–water partition coefficient (Wildman–Crippen LogP) is 3.55. The number of thioether (sulfide) groups is 1. The van der Waals surface area contributed by atoms with Crippen LogP contribution in [0.4, 0.5) is 0 Å². The molecular weight excluding hydrogens is 228 g/mol. The molecule has 0 bridgehead atoms. The van der Waals surface area contributed by atoms with Crippen LogP contribution in [0.1, 0.15) is 33.1 Å². The molecule has 0 amide bonds. The topological polar surface area (TPSA) is 9.23 Å². The maximum atomic E-state index is 6.21. The smallest absolute Gasteiger partial charge is 0.0783 e. The standard InChI is InChI=1S/C12H21ClOS/c1-9(10(2)13)11-3-5-14-12(7-11)4-6-15-8-12/h9-11H,3-8H2,1-2H3. The summed E-state index contributed by atoms with van der Waals surface area (Å²) in [6.07, 6.45) is 3.68. The maximum absolute atomic E-state index is 6.21. The highest BCUT2D eigenvalue weighted by Crippen LogP contribution is 2.43. The van der Waals surface area contributed by atoms with Gasteiger partial charge in [-0.2, -0.15) is 11.8 Å². The minimum atomic E-state index is 0.216. The molecule has 2 aliphatic rings. The second kappa shape index (κ2) is 4.85. The zero-order valence-corrected chi connectivity index (χ0v) is 11.2. The molecule has 0 aromatic rings. The van der Waals surface area contributed by atoms with Crippen molar-refractivity contribution in [2.75, 3.05) is 18.1 Å². The van der Waals surface area contributed by atoms with Gasteiger partial charge >= 0.3 is 0 Å². The van der Waals surface area contributed by atoms with Gasteiger partial charge in [0.1, 0.15) is 0 Å². The Labute approximate surface area is 102 Å². The monoisotopic (exact) mass is 248 g/mol. The van der Waals surface area contributed by atoms with E-state index in [4.69, 9.17) is 16.3 Å². The number of hydrogen-bond acceptors (Lipinski definition) is 2.